The number of amides is 1. The Labute approximate surface area is 188 Å². The van der Waals surface area contributed by atoms with Crippen molar-refractivity contribution < 1.29 is 20.1 Å². The number of aliphatic hydroxyl groups excluding tert-OH is 3. The third kappa shape index (κ3) is 8.91. The van der Waals surface area contributed by atoms with Gasteiger partial charge < -0.3 is 20.6 Å². The smallest absolute Gasteiger partial charge is 0.219 e. The Hall–Kier alpha value is -1.43. The average Bonchev–Trinajstić information content (AvgIpc) is 3.03. The van der Waals surface area contributed by atoms with Crippen molar-refractivity contribution in [3.63, 3.8) is 0 Å². The molecule has 5 atom stereocenters. The summed E-state index contributed by atoms with van der Waals surface area (Å²) in [6.07, 6.45) is 16.4. The van der Waals surface area contributed by atoms with E-state index in [1.165, 1.54) is 5.57 Å². The zero-order valence-corrected chi connectivity index (χ0v) is 19.4. The zero-order valence-electron chi connectivity index (χ0n) is 19.4. The van der Waals surface area contributed by atoms with Gasteiger partial charge in [0.25, 0.3) is 0 Å². The minimum atomic E-state index is -0.551. The highest BCUT2D eigenvalue weighted by atomic mass is 16.3. The number of rotatable bonds is 13. The van der Waals surface area contributed by atoms with Gasteiger partial charge in [0.1, 0.15) is 0 Å². The summed E-state index contributed by atoms with van der Waals surface area (Å²) in [5.41, 5.74) is 2.28. The Morgan fingerprint density at radius 1 is 1.19 bits per heavy atom. The number of hydrogen-bond acceptors (Lipinski definition) is 4. The first-order chi connectivity index (χ1) is 14.9. The largest absolute Gasteiger partial charge is 0.393 e. The van der Waals surface area contributed by atoms with Crippen molar-refractivity contribution >= 4 is 5.91 Å². The first-order valence-electron chi connectivity index (χ1n) is 12.3. The van der Waals surface area contributed by atoms with Crippen molar-refractivity contribution in [1.82, 2.24) is 5.32 Å². The first kappa shape index (κ1) is 25.8. The predicted octanol–water partition coefficient (Wildman–Crippen LogP) is 4.18. The number of nitrogens with one attached hydrogen (secondary N) is 1. The molecular weight excluding hydrogens is 390 g/mol. The zero-order chi connectivity index (χ0) is 22.6. The molecule has 0 aromatic heterocycles. The summed E-state index contributed by atoms with van der Waals surface area (Å²) in [6.45, 7) is 4.59. The maximum absolute atomic E-state index is 11.5. The monoisotopic (exact) mass is 433 g/mol. The molecule has 1 fully saturated rings. The Kier molecular flexibility index (Phi) is 11.6. The van der Waals surface area contributed by atoms with Crippen LogP contribution in [0.5, 0.6) is 0 Å². The minimum Gasteiger partial charge on any atom is -0.393 e. The number of aliphatic hydroxyl groups is 3. The molecule has 0 saturated heterocycles. The summed E-state index contributed by atoms with van der Waals surface area (Å²) in [5, 5.41) is 34.4. The van der Waals surface area contributed by atoms with Crippen LogP contribution in [0.2, 0.25) is 0 Å². The SMILES string of the molecule is CCNC(=O)CCCCCC[C@@H]1[C@@H](/C(C)=C/[C@@H](O)CCC2=CCCC=C2)[C@H](O)C[C@@H]1O. The number of allylic oxidation sites excluding steroid dienone is 4. The van der Waals surface area contributed by atoms with Crippen LogP contribution in [0, 0.1) is 11.8 Å². The first-order valence-corrected chi connectivity index (χ1v) is 12.3. The van der Waals surface area contributed by atoms with Gasteiger partial charge in [0.15, 0.2) is 0 Å². The molecule has 0 unspecified atom stereocenters. The maximum Gasteiger partial charge on any atom is 0.219 e. The summed E-state index contributed by atoms with van der Waals surface area (Å²) >= 11 is 0. The van der Waals surface area contributed by atoms with Crippen LogP contribution in [0.25, 0.3) is 0 Å². The average molecular weight is 434 g/mol. The summed E-state index contributed by atoms with van der Waals surface area (Å²) in [7, 11) is 0. The molecule has 5 heteroatoms. The lowest BCUT2D eigenvalue weighted by molar-refractivity contribution is -0.121. The molecule has 2 aliphatic carbocycles. The number of unbranched alkanes of at least 4 members (excludes halogenated alkanes) is 3. The van der Waals surface area contributed by atoms with Crippen molar-refractivity contribution in [3.05, 3.63) is 35.5 Å². The van der Waals surface area contributed by atoms with E-state index in [4.69, 9.17) is 0 Å². The van der Waals surface area contributed by atoms with Crippen molar-refractivity contribution in [2.24, 2.45) is 11.8 Å². The van der Waals surface area contributed by atoms with Crippen molar-refractivity contribution in [2.75, 3.05) is 6.54 Å². The lowest BCUT2D eigenvalue weighted by atomic mass is 9.83. The molecule has 0 heterocycles. The molecule has 0 radical (unpaired) electrons. The van der Waals surface area contributed by atoms with Gasteiger partial charge in [-0.15, -0.1) is 0 Å². The van der Waals surface area contributed by atoms with Crippen LogP contribution >= 0.6 is 0 Å². The fourth-order valence-corrected chi connectivity index (χ4v) is 5.08. The number of carbonyl (C=O) groups is 1. The normalized spacial score (nSPS) is 27.3. The molecule has 0 aromatic carbocycles. The van der Waals surface area contributed by atoms with Gasteiger partial charge in [-0.2, -0.15) is 0 Å². The van der Waals surface area contributed by atoms with Crippen LogP contribution in [0.3, 0.4) is 0 Å². The quantitative estimate of drug-likeness (QED) is 0.259. The van der Waals surface area contributed by atoms with E-state index in [2.05, 4.69) is 23.5 Å². The second kappa shape index (κ2) is 13.9. The number of hydrogen-bond donors (Lipinski definition) is 4. The summed E-state index contributed by atoms with van der Waals surface area (Å²) in [5.74, 6) is 0.0617. The fourth-order valence-electron chi connectivity index (χ4n) is 5.08. The summed E-state index contributed by atoms with van der Waals surface area (Å²) in [4.78, 5) is 11.5. The van der Waals surface area contributed by atoms with Crippen LogP contribution in [-0.2, 0) is 4.79 Å². The van der Waals surface area contributed by atoms with Crippen LogP contribution in [0.1, 0.15) is 84.5 Å². The van der Waals surface area contributed by atoms with Gasteiger partial charge in [0, 0.05) is 25.3 Å². The Morgan fingerprint density at radius 3 is 2.68 bits per heavy atom. The van der Waals surface area contributed by atoms with Gasteiger partial charge in [-0.05, 0) is 58.3 Å². The summed E-state index contributed by atoms with van der Waals surface area (Å²) in [6, 6.07) is 0. The lowest BCUT2D eigenvalue weighted by Gasteiger charge is -2.25. The Morgan fingerprint density at radius 2 is 1.97 bits per heavy atom. The van der Waals surface area contributed by atoms with Crippen molar-refractivity contribution in [1.29, 1.82) is 0 Å². The fraction of sp³-hybridized carbons (Fsp3) is 0.731. The predicted molar refractivity (Wildman–Crippen MR) is 125 cm³/mol. The van der Waals surface area contributed by atoms with Gasteiger partial charge in [0.2, 0.25) is 5.91 Å². The second-order valence-corrected chi connectivity index (χ2v) is 9.24. The molecule has 4 N–H and O–H groups in total. The molecular formula is C26H43NO4. The third-order valence-electron chi connectivity index (χ3n) is 6.70. The molecule has 31 heavy (non-hydrogen) atoms. The molecule has 0 bridgehead atoms. The molecule has 0 aromatic rings. The topological polar surface area (TPSA) is 89.8 Å². The van der Waals surface area contributed by atoms with Gasteiger partial charge >= 0.3 is 0 Å². The van der Waals surface area contributed by atoms with Crippen molar-refractivity contribution in [2.45, 2.75) is 103 Å². The molecule has 0 spiro atoms. The van der Waals surface area contributed by atoms with Gasteiger partial charge in [-0.1, -0.05) is 54.7 Å². The lowest BCUT2D eigenvalue weighted by Crippen LogP contribution is -2.24. The Bertz CT molecular complexity index is 639. The van der Waals surface area contributed by atoms with E-state index in [0.29, 0.717) is 25.8 Å². The molecule has 0 aliphatic heterocycles. The maximum atomic E-state index is 11.5. The molecule has 1 amide bonds. The Balaban J connectivity index is 1.78. The standard InChI is InChI=1S/C26H43NO4/c1-3-27-25(31)14-10-5-4-9-13-22-23(29)18-24(30)26(22)19(2)17-21(28)16-15-20-11-7-6-8-12-20/h7,11-12,17,21-24,26,28-30H,3-6,8-10,13-16,18H2,1-2H3,(H,27,31)/b19-17+/t21-,22-,23-,24+,26+/m0/s1. The highest BCUT2D eigenvalue weighted by Gasteiger charge is 2.41. The molecule has 2 rings (SSSR count). The molecule has 1 saturated carbocycles. The third-order valence-corrected chi connectivity index (χ3v) is 6.70. The van der Waals surface area contributed by atoms with Crippen LogP contribution in [0.15, 0.2) is 35.5 Å². The second-order valence-electron chi connectivity index (χ2n) is 9.24. The van der Waals surface area contributed by atoms with E-state index in [-0.39, 0.29) is 17.7 Å². The molecule has 176 valence electrons. The van der Waals surface area contributed by atoms with E-state index in [1.807, 2.05) is 19.9 Å². The number of carbonyl (C=O) groups excluding carboxylic acids is 1. The van der Waals surface area contributed by atoms with Gasteiger partial charge in [-0.25, -0.2) is 0 Å². The minimum absolute atomic E-state index is 0.0332. The van der Waals surface area contributed by atoms with E-state index in [1.54, 1.807) is 0 Å². The highest BCUT2D eigenvalue weighted by molar-refractivity contribution is 5.75. The van der Waals surface area contributed by atoms with Crippen LogP contribution in [-0.4, -0.2) is 46.1 Å². The molecule has 2 aliphatic rings. The van der Waals surface area contributed by atoms with Gasteiger partial charge in [0.05, 0.1) is 18.3 Å². The van der Waals surface area contributed by atoms with Crippen LogP contribution in [0.4, 0.5) is 0 Å². The van der Waals surface area contributed by atoms with Gasteiger partial charge in [-0.3, -0.25) is 4.79 Å². The molecule has 5 nitrogen and oxygen atoms in total. The highest BCUT2D eigenvalue weighted by Crippen LogP contribution is 2.40. The summed E-state index contributed by atoms with van der Waals surface area (Å²) < 4.78 is 0. The van der Waals surface area contributed by atoms with E-state index < -0.39 is 18.3 Å². The van der Waals surface area contributed by atoms with Crippen LogP contribution < -0.4 is 5.32 Å². The van der Waals surface area contributed by atoms with E-state index in [0.717, 1.165) is 56.9 Å². The van der Waals surface area contributed by atoms with Crippen molar-refractivity contribution in [3.8, 4) is 0 Å². The van der Waals surface area contributed by atoms with E-state index in [9.17, 15) is 20.1 Å². The van der Waals surface area contributed by atoms with E-state index >= 15 is 0 Å².